The zero-order valence-corrected chi connectivity index (χ0v) is 12.7. The molecule has 0 spiro atoms. The number of aromatic hydroxyl groups is 1. The van der Waals surface area contributed by atoms with Crippen LogP contribution in [0.25, 0.3) is 0 Å². The summed E-state index contributed by atoms with van der Waals surface area (Å²) in [6.45, 7) is 11.9. The molecule has 0 aliphatic heterocycles. The first-order valence-electron chi connectivity index (χ1n) is 7.38. The molecule has 0 fully saturated rings. The van der Waals surface area contributed by atoms with Gasteiger partial charge < -0.3 is 15.3 Å². The van der Waals surface area contributed by atoms with E-state index in [1.165, 1.54) is 0 Å². The molecule has 2 N–H and O–H groups in total. The van der Waals surface area contributed by atoms with E-state index in [4.69, 9.17) is 0 Å². The number of hydrogen-bond donors (Lipinski definition) is 2. The predicted octanol–water partition coefficient (Wildman–Crippen LogP) is 3.16. The predicted molar refractivity (Wildman–Crippen MR) is 81.5 cm³/mol. The van der Waals surface area contributed by atoms with Crippen LogP contribution in [0.1, 0.15) is 45.7 Å². The lowest BCUT2D eigenvalue weighted by Gasteiger charge is -2.27. The Morgan fingerprint density at radius 1 is 1.16 bits per heavy atom. The monoisotopic (exact) mass is 264 g/mol. The second kappa shape index (κ2) is 8.18. The van der Waals surface area contributed by atoms with Crippen LogP contribution < -0.4 is 5.32 Å². The van der Waals surface area contributed by atoms with Crippen molar-refractivity contribution in [3.8, 4) is 5.75 Å². The minimum Gasteiger partial charge on any atom is -0.508 e. The Labute approximate surface area is 117 Å². The maximum absolute atomic E-state index is 9.95. The van der Waals surface area contributed by atoms with Gasteiger partial charge in [0.05, 0.1) is 0 Å². The highest BCUT2D eigenvalue weighted by molar-refractivity contribution is 5.34. The number of likely N-dealkylation sites (N-methyl/N-ethyl adjacent to an activating group) is 1. The molecule has 0 aliphatic carbocycles. The Kier molecular flexibility index (Phi) is 6.89. The van der Waals surface area contributed by atoms with Gasteiger partial charge in [-0.05, 0) is 32.5 Å². The van der Waals surface area contributed by atoms with E-state index in [1.807, 2.05) is 18.2 Å². The third-order valence-electron chi connectivity index (χ3n) is 3.63. The molecule has 0 aromatic heterocycles. The molecule has 0 amide bonds. The van der Waals surface area contributed by atoms with Crippen LogP contribution in [0.2, 0.25) is 0 Å². The van der Waals surface area contributed by atoms with Crippen LogP contribution in [0, 0.1) is 0 Å². The molecule has 108 valence electrons. The summed E-state index contributed by atoms with van der Waals surface area (Å²) < 4.78 is 0. The molecule has 0 radical (unpaired) electrons. The average molecular weight is 264 g/mol. The standard InChI is InChI=1S/C16H28N2O/c1-5-15(14-10-8-9-11-16(14)19)17-13(4)12-18(6-2)7-3/h8-11,13,15,17,19H,5-7,12H2,1-4H3. The van der Waals surface area contributed by atoms with Gasteiger partial charge in [0.2, 0.25) is 0 Å². The molecular formula is C16H28N2O. The smallest absolute Gasteiger partial charge is 0.120 e. The van der Waals surface area contributed by atoms with Gasteiger partial charge in [-0.15, -0.1) is 0 Å². The Hall–Kier alpha value is -1.06. The summed E-state index contributed by atoms with van der Waals surface area (Å²) in [5.74, 6) is 0.386. The fourth-order valence-corrected chi connectivity index (χ4v) is 2.47. The van der Waals surface area contributed by atoms with Gasteiger partial charge in [-0.2, -0.15) is 0 Å². The normalized spacial score (nSPS) is 14.6. The highest BCUT2D eigenvalue weighted by atomic mass is 16.3. The fraction of sp³-hybridized carbons (Fsp3) is 0.625. The molecule has 19 heavy (non-hydrogen) atoms. The molecule has 0 bridgehead atoms. The molecule has 0 heterocycles. The van der Waals surface area contributed by atoms with Crippen molar-refractivity contribution in [1.82, 2.24) is 10.2 Å². The average Bonchev–Trinajstić information content (AvgIpc) is 2.43. The molecule has 1 aromatic carbocycles. The lowest BCUT2D eigenvalue weighted by Crippen LogP contribution is -2.40. The van der Waals surface area contributed by atoms with Crippen LogP contribution in [0.3, 0.4) is 0 Å². The molecule has 3 heteroatoms. The lowest BCUT2D eigenvalue weighted by atomic mass is 10.0. The topological polar surface area (TPSA) is 35.5 Å². The zero-order valence-electron chi connectivity index (χ0n) is 12.7. The first kappa shape index (κ1) is 16.0. The minimum absolute atomic E-state index is 0.215. The van der Waals surface area contributed by atoms with Gasteiger partial charge in [-0.3, -0.25) is 0 Å². The van der Waals surface area contributed by atoms with Crippen molar-refractivity contribution < 1.29 is 5.11 Å². The Balaban J connectivity index is 2.64. The third-order valence-corrected chi connectivity index (χ3v) is 3.63. The van der Waals surface area contributed by atoms with Crippen LogP contribution in [-0.4, -0.2) is 35.7 Å². The first-order chi connectivity index (χ1) is 9.12. The quantitative estimate of drug-likeness (QED) is 0.757. The van der Waals surface area contributed by atoms with Crippen LogP contribution in [-0.2, 0) is 0 Å². The van der Waals surface area contributed by atoms with Crippen molar-refractivity contribution in [2.45, 2.75) is 46.2 Å². The lowest BCUT2D eigenvalue weighted by molar-refractivity contribution is 0.259. The number of nitrogens with zero attached hydrogens (tertiary/aromatic N) is 1. The molecule has 0 saturated carbocycles. The summed E-state index contributed by atoms with van der Waals surface area (Å²) in [6.07, 6.45) is 0.972. The minimum atomic E-state index is 0.215. The number of nitrogens with one attached hydrogen (secondary N) is 1. The summed E-state index contributed by atoms with van der Waals surface area (Å²) in [7, 11) is 0. The van der Waals surface area contributed by atoms with Gasteiger partial charge in [-0.25, -0.2) is 0 Å². The Bertz CT molecular complexity index is 364. The zero-order chi connectivity index (χ0) is 14.3. The summed E-state index contributed by atoms with van der Waals surface area (Å²) in [5, 5.41) is 13.6. The summed E-state index contributed by atoms with van der Waals surface area (Å²) in [4.78, 5) is 2.41. The largest absolute Gasteiger partial charge is 0.508 e. The first-order valence-corrected chi connectivity index (χ1v) is 7.38. The van der Waals surface area contributed by atoms with Gasteiger partial charge in [0.25, 0.3) is 0 Å². The van der Waals surface area contributed by atoms with E-state index in [2.05, 4.69) is 37.9 Å². The summed E-state index contributed by atoms with van der Waals surface area (Å²) in [6, 6.07) is 8.23. The van der Waals surface area contributed by atoms with E-state index in [1.54, 1.807) is 6.07 Å². The van der Waals surface area contributed by atoms with Crippen LogP contribution in [0.5, 0.6) is 5.75 Å². The molecule has 0 saturated heterocycles. The van der Waals surface area contributed by atoms with E-state index in [-0.39, 0.29) is 6.04 Å². The van der Waals surface area contributed by atoms with Crippen LogP contribution >= 0.6 is 0 Å². The second-order valence-corrected chi connectivity index (χ2v) is 5.07. The molecular weight excluding hydrogens is 236 g/mol. The number of benzene rings is 1. The molecule has 3 nitrogen and oxygen atoms in total. The summed E-state index contributed by atoms with van der Waals surface area (Å²) >= 11 is 0. The van der Waals surface area contributed by atoms with E-state index >= 15 is 0 Å². The van der Waals surface area contributed by atoms with Crippen molar-refractivity contribution >= 4 is 0 Å². The maximum Gasteiger partial charge on any atom is 0.120 e. The highest BCUT2D eigenvalue weighted by Gasteiger charge is 2.16. The second-order valence-electron chi connectivity index (χ2n) is 5.07. The van der Waals surface area contributed by atoms with Crippen LogP contribution in [0.15, 0.2) is 24.3 Å². The summed E-state index contributed by atoms with van der Waals surface area (Å²) in [5.41, 5.74) is 0.997. The third kappa shape index (κ3) is 4.84. The number of phenolic OH excluding ortho intramolecular Hbond substituents is 1. The van der Waals surface area contributed by atoms with Gasteiger partial charge in [0.15, 0.2) is 0 Å². The fourth-order valence-electron chi connectivity index (χ4n) is 2.47. The number of hydrogen-bond acceptors (Lipinski definition) is 3. The van der Waals surface area contributed by atoms with Gasteiger partial charge in [0, 0.05) is 24.2 Å². The molecule has 1 aromatic rings. The van der Waals surface area contributed by atoms with Crippen LogP contribution in [0.4, 0.5) is 0 Å². The molecule has 0 aliphatic rings. The van der Waals surface area contributed by atoms with Gasteiger partial charge in [0.1, 0.15) is 5.75 Å². The van der Waals surface area contributed by atoms with Gasteiger partial charge in [-0.1, -0.05) is 39.0 Å². The van der Waals surface area contributed by atoms with Crippen molar-refractivity contribution in [1.29, 1.82) is 0 Å². The maximum atomic E-state index is 9.95. The van der Waals surface area contributed by atoms with Crippen molar-refractivity contribution in [3.63, 3.8) is 0 Å². The number of para-hydroxylation sites is 1. The Morgan fingerprint density at radius 3 is 2.32 bits per heavy atom. The van der Waals surface area contributed by atoms with E-state index in [9.17, 15) is 5.11 Å². The molecule has 1 rings (SSSR count). The van der Waals surface area contributed by atoms with Crippen molar-refractivity contribution in [2.75, 3.05) is 19.6 Å². The van der Waals surface area contributed by atoms with Crippen molar-refractivity contribution in [2.24, 2.45) is 0 Å². The SMILES string of the molecule is CCC(NC(C)CN(CC)CC)c1ccccc1O. The van der Waals surface area contributed by atoms with Crippen molar-refractivity contribution in [3.05, 3.63) is 29.8 Å². The Morgan fingerprint density at radius 2 is 1.79 bits per heavy atom. The number of rotatable bonds is 8. The van der Waals surface area contributed by atoms with Gasteiger partial charge >= 0.3 is 0 Å². The van der Waals surface area contributed by atoms with E-state index in [0.29, 0.717) is 11.8 Å². The molecule has 2 unspecified atom stereocenters. The number of phenols is 1. The van der Waals surface area contributed by atoms with E-state index in [0.717, 1.165) is 31.6 Å². The highest BCUT2D eigenvalue weighted by Crippen LogP contribution is 2.26. The molecule has 2 atom stereocenters. The van der Waals surface area contributed by atoms with E-state index < -0.39 is 0 Å².